The number of hydrogen-bond donors (Lipinski definition) is 1. The number of benzene rings is 2. The second kappa shape index (κ2) is 6.44. The largest absolute Gasteiger partial charge is 0.381 e. The van der Waals surface area contributed by atoms with Crippen LogP contribution in [0.15, 0.2) is 40.9 Å². The average molecular weight is 339 g/mol. The molecular weight excluding hydrogens is 322 g/mol. The molecule has 0 aliphatic rings. The summed E-state index contributed by atoms with van der Waals surface area (Å²) in [6.45, 7) is 5.09. The topological polar surface area (TPSA) is 12.0 Å². The van der Waals surface area contributed by atoms with E-state index in [2.05, 4.69) is 59.4 Å². The number of hydrogen-bond acceptors (Lipinski definition) is 1. The van der Waals surface area contributed by atoms with Gasteiger partial charge >= 0.3 is 0 Å². The second-order valence-electron chi connectivity index (χ2n) is 4.56. The fourth-order valence-electron chi connectivity index (χ4n) is 2.12. The highest BCUT2D eigenvalue weighted by molar-refractivity contribution is 9.10. The van der Waals surface area contributed by atoms with Crippen molar-refractivity contribution < 1.29 is 0 Å². The van der Waals surface area contributed by atoms with Crippen LogP contribution in [-0.4, -0.2) is 0 Å². The number of para-hydroxylation sites is 1. The molecule has 0 saturated carbocycles. The maximum Gasteiger partial charge on any atom is 0.0551 e. The van der Waals surface area contributed by atoms with Crippen molar-refractivity contribution in [3.05, 3.63) is 62.6 Å². The van der Waals surface area contributed by atoms with Crippen LogP contribution in [0.2, 0.25) is 5.02 Å². The van der Waals surface area contributed by atoms with E-state index in [1.54, 1.807) is 0 Å². The first kappa shape index (κ1) is 14.4. The highest BCUT2D eigenvalue weighted by atomic mass is 79.9. The van der Waals surface area contributed by atoms with Crippen LogP contribution in [0.3, 0.4) is 0 Å². The van der Waals surface area contributed by atoms with Crippen molar-refractivity contribution in [3.8, 4) is 0 Å². The van der Waals surface area contributed by atoms with E-state index < -0.39 is 0 Å². The molecule has 0 saturated heterocycles. The molecule has 3 heteroatoms. The summed E-state index contributed by atoms with van der Waals surface area (Å²) in [5.41, 5.74) is 5.05. The molecule has 0 aliphatic heterocycles. The summed E-state index contributed by atoms with van der Waals surface area (Å²) in [4.78, 5) is 0. The van der Waals surface area contributed by atoms with Crippen molar-refractivity contribution in [2.45, 2.75) is 26.8 Å². The first-order chi connectivity index (χ1) is 9.11. The Balaban J connectivity index is 2.16. The molecule has 19 heavy (non-hydrogen) atoms. The lowest BCUT2D eigenvalue weighted by atomic mass is 10.1. The predicted octanol–water partition coefficient (Wildman–Crippen LogP) is 5.59. The van der Waals surface area contributed by atoms with Gasteiger partial charge < -0.3 is 5.32 Å². The van der Waals surface area contributed by atoms with Gasteiger partial charge in [0.15, 0.2) is 0 Å². The van der Waals surface area contributed by atoms with E-state index in [0.29, 0.717) is 0 Å². The minimum Gasteiger partial charge on any atom is -0.381 e. The Kier molecular flexibility index (Phi) is 4.89. The van der Waals surface area contributed by atoms with E-state index in [1.165, 1.54) is 22.4 Å². The maximum atomic E-state index is 6.11. The molecule has 2 rings (SSSR count). The van der Waals surface area contributed by atoms with Crippen LogP contribution in [0, 0.1) is 6.92 Å². The number of anilines is 1. The van der Waals surface area contributed by atoms with Crippen molar-refractivity contribution in [2.75, 3.05) is 5.32 Å². The van der Waals surface area contributed by atoms with Crippen LogP contribution in [0.5, 0.6) is 0 Å². The zero-order chi connectivity index (χ0) is 13.8. The molecule has 100 valence electrons. The molecule has 0 atom stereocenters. The lowest BCUT2D eigenvalue weighted by Gasteiger charge is -2.14. The molecular formula is C16H17BrClN. The zero-order valence-corrected chi connectivity index (χ0v) is 13.5. The van der Waals surface area contributed by atoms with Crippen LogP contribution in [-0.2, 0) is 13.0 Å². The van der Waals surface area contributed by atoms with E-state index >= 15 is 0 Å². The first-order valence-corrected chi connectivity index (χ1v) is 7.55. The lowest BCUT2D eigenvalue weighted by Crippen LogP contribution is -2.04. The molecule has 1 nitrogen and oxygen atoms in total. The van der Waals surface area contributed by atoms with Gasteiger partial charge in [-0.3, -0.25) is 0 Å². The third-order valence-corrected chi connectivity index (χ3v) is 4.43. The summed E-state index contributed by atoms with van der Waals surface area (Å²) < 4.78 is 0.933. The zero-order valence-electron chi connectivity index (χ0n) is 11.1. The second-order valence-corrected chi connectivity index (χ2v) is 5.83. The van der Waals surface area contributed by atoms with Gasteiger partial charge in [0.25, 0.3) is 0 Å². The smallest absolute Gasteiger partial charge is 0.0551 e. The van der Waals surface area contributed by atoms with Gasteiger partial charge in [-0.15, -0.1) is 0 Å². The van der Waals surface area contributed by atoms with Gasteiger partial charge in [0, 0.05) is 16.7 Å². The Morgan fingerprint density at radius 1 is 1.21 bits per heavy atom. The van der Waals surface area contributed by atoms with E-state index in [1.807, 2.05) is 12.1 Å². The quantitative estimate of drug-likeness (QED) is 0.766. The van der Waals surface area contributed by atoms with Crippen LogP contribution in [0.4, 0.5) is 5.69 Å². The Bertz CT molecular complexity index is 581. The molecule has 0 fully saturated rings. The fraction of sp³-hybridized carbons (Fsp3) is 0.250. The Morgan fingerprint density at radius 2 is 2.00 bits per heavy atom. The summed E-state index contributed by atoms with van der Waals surface area (Å²) in [5, 5.41) is 4.27. The van der Waals surface area contributed by atoms with Gasteiger partial charge in [-0.1, -0.05) is 42.8 Å². The summed E-state index contributed by atoms with van der Waals surface area (Å²) in [7, 11) is 0. The number of nitrogens with one attached hydrogen (secondary N) is 1. The molecule has 2 aromatic carbocycles. The molecule has 1 N–H and O–H groups in total. The molecule has 0 unspecified atom stereocenters. The normalized spacial score (nSPS) is 10.5. The molecule has 2 aromatic rings. The van der Waals surface area contributed by atoms with Crippen molar-refractivity contribution in [1.82, 2.24) is 0 Å². The van der Waals surface area contributed by atoms with Gasteiger partial charge in [0.2, 0.25) is 0 Å². The van der Waals surface area contributed by atoms with Crippen molar-refractivity contribution in [1.29, 1.82) is 0 Å². The average Bonchev–Trinajstić information content (AvgIpc) is 2.41. The third-order valence-electron chi connectivity index (χ3n) is 3.19. The summed E-state index contributed by atoms with van der Waals surface area (Å²) in [6.07, 6.45) is 1.03. The van der Waals surface area contributed by atoms with Crippen LogP contribution >= 0.6 is 27.5 Å². The SMILES string of the molecule is CCc1cccc(C)c1NCc1ccc(Br)c(Cl)c1. The molecule has 0 heterocycles. The van der Waals surface area contributed by atoms with Crippen LogP contribution in [0.1, 0.15) is 23.6 Å². The molecule has 0 aliphatic carbocycles. The minimum atomic E-state index is 0.750. The van der Waals surface area contributed by atoms with E-state index in [4.69, 9.17) is 11.6 Å². The minimum absolute atomic E-state index is 0.750. The predicted molar refractivity (Wildman–Crippen MR) is 87.0 cm³/mol. The lowest BCUT2D eigenvalue weighted by molar-refractivity contribution is 1.08. The van der Waals surface area contributed by atoms with Crippen molar-refractivity contribution in [3.63, 3.8) is 0 Å². The summed E-state index contributed by atoms with van der Waals surface area (Å²) >= 11 is 9.52. The van der Waals surface area contributed by atoms with E-state index in [9.17, 15) is 0 Å². The molecule has 0 spiro atoms. The number of rotatable bonds is 4. The highest BCUT2D eigenvalue weighted by Gasteiger charge is 2.04. The van der Waals surface area contributed by atoms with Gasteiger partial charge in [0.05, 0.1) is 5.02 Å². The monoisotopic (exact) mass is 337 g/mol. The third kappa shape index (κ3) is 3.52. The van der Waals surface area contributed by atoms with Gasteiger partial charge in [-0.25, -0.2) is 0 Å². The standard InChI is InChI=1S/C16H17BrClN/c1-3-13-6-4-5-11(2)16(13)19-10-12-7-8-14(17)15(18)9-12/h4-9,19H,3,10H2,1-2H3. The molecule has 0 aromatic heterocycles. The maximum absolute atomic E-state index is 6.11. The molecule has 0 radical (unpaired) electrons. The fourth-order valence-corrected chi connectivity index (χ4v) is 2.57. The molecule has 0 bridgehead atoms. The Hall–Kier alpha value is -0.990. The highest BCUT2D eigenvalue weighted by Crippen LogP contribution is 2.25. The summed E-state index contributed by atoms with van der Waals surface area (Å²) in [5.74, 6) is 0. The number of aryl methyl sites for hydroxylation is 2. The Labute approximate surface area is 128 Å². The van der Waals surface area contributed by atoms with Gasteiger partial charge in [-0.2, -0.15) is 0 Å². The van der Waals surface area contributed by atoms with Gasteiger partial charge in [-0.05, 0) is 58.1 Å². The van der Waals surface area contributed by atoms with Crippen LogP contribution < -0.4 is 5.32 Å². The number of halogens is 2. The van der Waals surface area contributed by atoms with E-state index in [0.717, 1.165) is 22.5 Å². The Morgan fingerprint density at radius 3 is 2.68 bits per heavy atom. The molecule has 0 amide bonds. The van der Waals surface area contributed by atoms with Gasteiger partial charge in [0.1, 0.15) is 0 Å². The van der Waals surface area contributed by atoms with Crippen molar-refractivity contribution >= 4 is 33.2 Å². The van der Waals surface area contributed by atoms with E-state index in [-0.39, 0.29) is 0 Å². The first-order valence-electron chi connectivity index (χ1n) is 6.38. The summed E-state index contributed by atoms with van der Waals surface area (Å²) in [6, 6.07) is 12.5. The van der Waals surface area contributed by atoms with Crippen LogP contribution in [0.25, 0.3) is 0 Å². The van der Waals surface area contributed by atoms with Crippen molar-refractivity contribution in [2.24, 2.45) is 0 Å².